The summed E-state index contributed by atoms with van der Waals surface area (Å²) < 4.78 is 18.4. The molecule has 94 valence electrons. The van der Waals surface area contributed by atoms with E-state index in [9.17, 15) is 4.39 Å². The predicted octanol–water partition coefficient (Wildman–Crippen LogP) is 3.03. The normalized spacial score (nSPS) is 10.1. The summed E-state index contributed by atoms with van der Waals surface area (Å²) in [5.41, 5.74) is 7.63. The van der Waals surface area contributed by atoms with E-state index in [1.807, 2.05) is 24.3 Å². The lowest BCUT2D eigenvalue weighted by molar-refractivity contribution is 0.410. The molecule has 0 amide bonds. The SMILES string of the molecule is COc1ccccc1CNc1cc(N)cc(F)c1. The number of ether oxygens (including phenoxy) is 1. The van der Waals surface area contributed by atoms with E-state index in [1.165, 1.54) is 12.1 Å². The van der Waals surface area contributed by atoms with E-state index in [0.717, 1.165) is 11.3 Å². The maximum Gasteiger partial charge on any atom is 0.127 e. The summed E-state index contributed by atoms with van der Waals surface area (Å²) in [6, 6.07) is 12.1. The van der Waals surface area contributed by atoms with Crippen molar-refractivity contribution in [1.29, 1.82) is 0 Å². The van der Waals surface area contributed by atoms with Gasteiger partial charge < -0.3 is 15.8 Å². The van der Waals surface area contributed by atoms with Crippen molar-refractivity contribution in [3.05, 3.63) is 53.8 Å². The van der Waals surface area contributed by atoms with Crippen molar-refractivity contribution >= 4 is 11.4 Å². The largest absolute Gasteiger partial charge is 0.496 e. The zero-order valence-electron chi connectivity index (χ0n) is 10.1. The molecule has 2 aromatic rings. The molecule has 0 aromatic heterocycles. The molecule has 0 spiro atoms. The number of methoxy groups -OCH3 is 1. The van der Waals surface area contributed by atoms with Gasteiger partial charge in [-0.2, -0.15) is 0 Å². The minimum Gasteiger partial charge on any atom is -0.496 e. The number of benzene rings is 2. The number of hydrogen-bond donors (Lipinski definition) is 2. The van der Waals surface area contributed by atoms with Gasteiger partial charge in [-0.05, 0) is 24.3 Å². The first-order valence-corrected chi connectivity index (χ1v) is 5.61. The van der Waals surface area contributed by atoms with Crippen LogP contribution >= 0.6 is 0 Å². The van der Waals surface area contributed by atoms with E-state index < -0.39 is 0 Å². The second-order valence-corrected chi connectivity index (χ2v) is 3.94. The molecule has 3 nitrogen and oxygen atoms in total. The summed E-state index contributed by atoms with van der Waals surface area (Å²) in [6.45, 7) is 0.549. The lowest BCUT2D eigenvalue weighted by Crippen LogP contribution is -2.02. The van der Waals surface area contributed by atoms with E-state index in [1.54, 1.807) is 13.2 Å². The molecule has 3 N–H and O–H groups in total. The maximum atomic E-state index is 13.2. The number of halogens is 1. The molecule has 0 aliphatic rings. The smallest absolute Gasteiger partial charge is 0.127 e. The third kappa shape index (κ3) is 2.91. The van der Waals surface area contributed by atoms with Gasteiger partial charge in [0.25, 0.3) is 0 Å². The number of nitrogen functional groups attached to an aromatic ring is 1. The Labute approximate surface area is 105 Å². The van der Waals surface area contributed by atoms with Crippen LogP contribution in [0.3, 0.4) is 0 Å². The van der Waals surface area contributed by atoms with Crippen LogP contribution in [0.2, 0.25) is 0 Å². The molecule has 2 aromatic carbocycles. The molecule has 0 atom stereocenters. The zero-order chi connectivity index (χ0) is 13.0. The summed E-state index contributed by atoms with van der Waals surface area (Å²) >= 11 is 0. The van der Waals surface area contributed by atoms with E-state index in [-0.39, 0.29) is 5.82 Å². The Morgan fingerprint density at radius 1 is 1.22 bits per heavy atom. The van der Waals surface area contributed by atoms with Crippen LogP contribution in [0.1, 0.15) is 5.56 Å². The highest BCUT2D eigenvalue weighted by atomic mass is 19.1. The highest BCUT2D eigenvalue weighted by Gasteiger charge is 2.02. The van der Waals surface area contributed by atoms with Crippen LogP contribution < -0.4 is 15.8 Å². The number of nitrogens with one attached hydrogen (secondary N) is 1. The standard InChI is InChI=1S/C14H15FN2O/c1-18-14-5-3-2-4-10(14)9-17-13-7-11(15)6-12(16)8-13/h2-8,17H,9,16H2,1H3. The Hall–Kier alpha value is -2.23. The fourth-order valence-electron chi connectivity index (χ4n) is 1.76. The summed E-state index contributed by atoms with van der Waals surface area (Å²) in [7, 11) is 1.62. The quantitative estimate of drug-likeness (QED) is 0.815. The van der Waals surface area contributed by atoms with Crippen LogP contribution in [0.15, 0.2) is 42.5 Å². The van der Waals surface area contributed by atoms with Gasteiger partial charge in [0, 0.05) is 23.5 Å². The molecule has 0 aliphatic heterocycles. The molecule has 0 heterocycles. The predicted molar refractivity (Wildman–Crippen MR) is 71.1 cm³/mol. The molecule has 0 bridgehead atoms. The lowest BCUT2D eigenvalue weighted by atomic mass is 10.2. The second-order valence-electron chi connectivity index (χ2n) is 3.94. The fourth-order valence-corrected chi connectivity index (χ4v) is 1.76. The Balaban J connectivity index is 2.11. The van der Waals surface area contributed by atoms with E-state index in [4.69, 9.17) is 10.5 Å². The van der Waals surface area contributed by atoms with Gasteiger partial charge in [0.2, 0.25) is 0 Å². The summed E-state index contributed by atoms with van der Waals surface area (Å²) in [5.74, 6) is 0.451. The molecular formula is C14H15FN2O. The van der Waals surface area contributed by atoms with Gasteiger partial charge in [0.15, 0.2) is 0 Å². The molecule has 2 rings (SSSR count). The van der Waals surface area contributed by atoms with Gasteiger partial charge >= 0.3 is 0 Å². The molecule has 0 fully saturated rings. The monoisotopic (exact) mass is 246 g/mol. The van der Waals surface area contributed by atoms with Gasteiger partial charge in [0.1, 0.15) is 11.6 Å². The molecule has 0 radical (unpaired) electrons. The Kier molecular flexibility index (Phi) is 3.67. The highest BCUT2D eigenvalue weighted by Crippen LogP contribution is 2.20. The number of anilines is 2. The van der Waals surface area contributed by atoms with Crippen LogP contribution in [0, 0.1) is 5.82 Å². The summed E-state index contributed by atoms with van der Waals surface area (Å²) in [6.07, 6.45) is 0. The average Bonchev–Trinajstić information content (AvgIpc) is 2.35. The van der Waals surface area contributed by atoms with Crippen molar-refractivity contribution in [2.75, 3.05) is 18.2 Å². The number of nitrogens with two attached hydrogens (primary N) is 1. The van der Waals surface area contributed by atoms with Crippen LogP contribution in [0.5, 0.6) is 5.75 Å². The molecule has 0 unspecified atom stereocenters. The minimum absolute atomic E-state index is 0.350. The lowest BCUT2D eigenvalue weighted by Gasteiger charge is -2.11. The van der Waals surface area contributed by atoms with Gasteiger partial charge in [-0.1, -0.05) is 18.2 Å². The third-order valence-electron chi connectivity index (χ3n) is 2.60. The molecule has 0 saturated heterocycles. The Morgan fingerprint density at radius 3 is 2.72 bits per heavy atom. The average molecular weight is 246 g/mol. The molecule has 0 aliphatic carbocycles. The zero-order valence-corrected chi connectivity index (χ0v) is 10.1. The van der Waals surface area contributed by atoms with E-state index in [2.05, 4.69) is 5.32 Å². The van der Waals surface area contributed by atoms with Crippen molar-refractivity contribution in [3.63, 3.8) is 0 Å². The van der Waals surface area contributed by atoms with E-state index >= 15 is 0 Å². The Bertz CT molecular complexity index is 523. The number of hydrogen-bond acceptors (Lipinski definition) is 3. The van der Waals surface area contributed by atoms with Crippen molar-refractivity contribution in [2.45, 2.75) is 6.54 Å². The summed E-state index contributed by atoms with van der Waals surface area (Å²) in [4.78, 5) is 0. The Morgan fingerprint density at radius 2 is 2.00 bits per heavy atom. The van der Waals surface area contributed by atoms with Crippen molar-refractivity contribution < 1.29 is 9.13 Å². The van der Waals surface area contributed by atoms with E-state index in [0.29, 0.717) is 17.9 Å². The van der Waals surface area contributed by atoms with Gasteiger partial charge in [0.05, 0.1) is 7.11 Å². The van der Waals surface area contributed by atoms with Gasteiger partial charge in [-0.15, -0.1) is 0 Å². The topological polar surface area (TPSA) is 47.3 Å². The van der Waals surface area contributed by atoms with Gasteiger partial charge in [-0.3, -0.25) is 0 Å². The summed E-state index contributed by atoms with van der Waals surface area (Å²) in [5, 5.41) is 3.12. The number of rotatable bonds is 4. The molecule has 18 heavy (non-hydrogen) atoms. The van der Waals surface area contributed by atoms with Crippen molar-refractivity contribution in [3.8, 4) is 5.75 Å². The second kappa shape index (κ2) is 5.40. The maximum absolute atomic E-state index is 13.2. The minimum atomic E-state index is -0.350. The van der Waals surface area contributed by atoms with Gasteiger partial charge in [-0.25, -0.2) is 4.39 Å². The highest BCUT2D eigenvalue weighted by molar-refractivity contribution is 5.55. The van der Waals surface area contributed by atoms with Crippen molar-refractivity contribution in [1.82, 2.24) is 0 Å². The van der Waals surface area contributed by atoms with Crippen LogP contribution in [-0.2, 0) is 6.54 Å². The van der Waals surface area contributed by atoms with Crippen molar-refractivity contribution in [2.24, 2.45) is 0 Å². The van der Waals surface area contributed by atoms with Crippen LogP contribution in [0.4, 0.5) is 15.8 Å². The molecular weight excluding hydrogens is 231 g/mol. The fraction of sp³-hybridized carbons (Fsp3) is 0.143. The first-order valence-electron chi connectivity index (χ1n) is 5.61. The van der Waals surface area contributed by atoms with Crippen LogP contribution in [0.25, 0.3) is 0 Å². The first-order chi connectivity index (χ1) is 8.69. The third-order valence-corrected chi connectivity index (χ3v) is 2.60. The first kappa shape index (κ1) is 12.2. The van der Waals surface area contributed by atoms with Crippen LogP contribution in [-0.4, -0.2) is 7.11 Å². The molecule has 0 saturated carbocycles. The molecule has 4 heteroatoms. The number of para-hydroxylation sites is 1.